The Hall–Kier alpha value is -3.50. The van der Waals surface area contributed by atoms with E-state index in [1.807, 2.05) is 48.8 Å². The molecule has 0 aliphatic heterocycles. The third-order valence-electron chi connectivity index (χ3n) is 5.24. The molecule has 31 heavy (non-hydrogen) atoms. The van der Waals surface area contributed by atoms with E-state index in [0.717, 1.165) is 22.3 Å². The number of anilines is 4. The largest absolute Gasteiger partial charge is 1.00 e. The first-order valence-corrected chi connectivity index (χ1v) is 11.1. The fraction of sp³-hybridized carbons (Fsp3) is 0.190. The van der Waals surface area contributed by atoms with Crippen molar-refractivity contribution in [1.29, 1.82) is 0 Å². The van der Waals surface area contributed by atoms with E-state index in [4.69, 9.17) is 5.14 Å². The van der Waals surface area contributed by atoms with Crippen LogP contribution in [0, 0.1) is 13.8 Å². The lowest BCUT2D eigenvalue weighted by atomic mass is 10.2. The van der Waals surface area contributed by atoms with Crippen LogP contribution in [0.25, 0.3) is 10.9 Å². The summed E-state index contributed by atoms with van der Waals surface area (Å²) in [7, 11) is 0.0129. The van der Waals surface area contributed by atoms with Crippen molar-refractivity contribution in [2.45, 2.75) is 18.7 Å². The smallest absolute Gasteiger partial charge is 0.329 e. The van der Waals surface area contributed by atoms with Crippen LogP contribution in [0.3, 0.4) is 0 Å². The summed E-state index contributed by atoms with van der Waals surface area (Å²) < 4.78 is 25.4. The van der Waals surface area contributed by atoms with Gasteiger partial charge in [0.25, 0.3) is 0 Å². The third-order valence-corrected chi connectivity index (χ3v) is 6.29. The van der Waals surface area contributed by atoms with E-state index < -0.39 is 10.0 Å². The summed E-state index contributed by atoms with van der Waals surface area (Å²) in [4.78, 5) is 10.8. The summed E-state index contributed by atoms with van der Waals surface area (Å²) in [5.74, 6) is 1.01. The molecule has 9 nitrogen and oxygen atoms in total. The third kappa shape index (κ3) is 4.07. The number of benzene rings is 2. The Kier molecular flexibility index (Phi) is 5.11. The van der Waals surface area contributed by atoms with Crippen LogP contribution in [0.5, 0.6) is 0 Å². The van der Waals surface area contributed by atoms with Crippen LogP contribution in [-0.2, 0) is 17.1 Å². The van der Waals surface area contributed by atoms with Gasteiger partial charge in [-0.3, -0.25) is 4.68 Å². The molecular weight excluding hydrogens is 414 g/mol. The first kappa shape index (κ1) is 20.8. The molecule has 0 saturated carbocycles. The fourth-order valence-corrected chi connectivity index (χ4v) is 4.18. The number of hydrogen-bond acceptors (Lipinski definition) is 7. The number of aromatic nitrogens is 4. The molecule has 0 bridgehead atoms. The Morgan fingerprint density at radius 2 is 1.90 bits per heavy atom. The summed E-state index contributed by atoms with van der Waals surface area (Å²) in [5.41, 5.74) is 4.05. The maximum absolute atomic E-state index is 11.8. The molecular formula is C21H24N7O2S+. The predicted molar refractivity (Wildman–Crippen MR) is 122 cm³/mol. The van der Waals surface area contributed by atoms with Crippen LogP contribution in [0.15, 0.2) is 53.6 Å². The van der Waals surface area contributed by atoms with Gasteiger partial charge in [0.2, 0.25) is 16.0 Å². The van der Waals surface area contributed by atoms with Crippen molar-refractivity contribution in [1.82, 2.24) is 19.7 Å². The number of rotatable bonds is 5. The van der Waals surface area contributed by atoms with E-state index in [1.165, 1.54) is 6.07 Å². The number of nitrogens with one attached hydrogen (secondary N) is 1. The van der Waals surface area contributed by atoms with Gasteiger partial charge < -0.3 is 10.2 Å². The Morgan fingerprint density at radius 3 is 2.65 bits per heavy atom. The summed E-state index contributed by atoms with van der Waals surface area (Å²) >= 11 is 0. The van der Waals surface area contributed by atoms with Crippen molar-refractivity contribution >= 4 is 44.1 Å². The molecule has 3 N–H and O–H groups in total. The Bertz CT molecular complexity index is 1400. The molecule has 10 heteroatoms. The van der Waals surface area contributed by atoms with Gasteiger partial charge in [0.15, 0.2) is 0 Å². The normalized spacial score (nSPS) is 11.6. The lowest BCUT2D eigenvalue weighted by Crippen LogP contribution is -2.14. The van der Waals surface area contributed by atoms with E-state index in [-0.39, 0.29) is 6.32 Å². The van der Waals surface area contributed by atoms with Gasteiger partial charge in [0.1, 0.15) is 5.82 Å². The minimum Gasteiger partial charge on any atom is -0.329 e. The van der Waals surface area contributed by atoms with Crippen molar-refractivity contribution < 1.29 is 9.84 Å². The van der Waals surface area contributed by atoms with E-state index in [9.17, 15) is 8.42 Å². The van der Waals surface area contributed by atoms with Gasteiger partial charge in [0.05, 0.1) is 10.4 Å². The molecule has 0 spiro atoms. The standard InChI is InChI=1S/C21H23N7O2S/c1-13-5-6-15(11-19(13)31(22,29)30)24-21-23-10-9-20(25-21)27(3)16-7-8-17-14(2)28(4)26-18(17)12-16/h5-12H,1-4H3,(H2,22,29,30)(H,23,24,25)/p+1. The zero-order valence-electron chi connectivity index (χ0n) is 18.7. The summed E-state index contributed by atoms with van der Waals surface area (Å²) in [6.45, 7) is 3.73. The van der Waals surface area contributed by atoms with Gasteiger partial charge in [-0.15, -0.1) is 0 Å². The molecule has 160 valence electrons. The van der Waals surface area contributed by atoms with Crippen LogP contribution in [0.1, 0.15) is 12.7 Å². The first-order valence-electron chi connectivity index (χ1n) is 9.54. The second kappa shape index (κ2) is 7.64. The van der Waals surface area contributed by atoms with Gasteiger partial charge >= 0.3 is 1.43 Å². The molecule has 4 aromatic rings. The Balaban J connectivity index is 0.00000289. The molecule has 0 fully saturated rings. The molecule has 0 saturated heterocycles. The average Bonchev–Trinajstić information content (AvgIpc) is 3.01. The van der Waals surface area contributed by atoms with Crippen molar-refractivity contribution in [3.8, 4) is 0 Å². The molecule has 2 aromatic heterocycles. The number of fused-ring (bicyclic) bond motifs is 1. The number of sulfonamides is 1. The molecule has 0 aliphatic carbocycles. The molecule has 2 heterocycles. The minimum absolute atomic E-state index is 0. The SMILES string of the molecule is Cc1ccc(Nc2nccc(N(C)c3ccc4c(C)n(C)nc4c3)n2)cc1S(N)(=O)=O.[H+]. The topological polar surface area (TPSA) is 119 Å². The van der Waals surface area contributed by atoms with Gasteiger partial charge in [0, 0.05) is 42.7 Å². The van der Waals surface area contributed by atoms with Crippen molar-refractivity contribution in [2.75, 3.05) is 17.3 Å². The number of hydrogen-bond donors (Lipinski definition) is 2. The first-order chi connectivity index (χ1) is 14.6. The van der Waals surface area contributed by atoms with Crippen LogP contribution in [-0.4, -0.2) is 35.2 Å². The highest BCUT2D eigenvalue weighted by Crippen LogP contribution is 2.28. The minimum atomic E-state index is -3.82. The van der Waals surface area contributed by atoms with Crippen LogP contribution < -0.4 is 15.4 Å². The highest BCUT2D eigenvalue weighted by Gasteiger charge is 2.14. The zero-order valence-corrected chi connectivity index (χ0v) is 18.5. The zero-order chi connectivity index (χ0) is 22.3. The Morgan fingerprint density at radius 1 is 1.13 bits per heavy atom. The number of nitrogens with zero attached hydrogens (tertiary/aromatic N) is 5. The number of primary sulfonamides is 1. The second-order valence-corrected chi connectivity index (χ2v) is 8.89. The maximum atomic E-state index is 11.8. The van der Waals surface area contributed by atoms with Crippen molar-refractivity contribution in [2.24, 2.45) is 12.2 Å². The fourth-order valence-electron chi connectivity index (χ4n) is 3.37. The van der Waals surface area contributed by atoms with E-state index in [0.29, 0.717) is 23.0 Å². The Labute approximate surface area is 182 Å². The maximum Gasteiger partial charge on any atom is 1.00 e. The number of nitrogens with two attached hydrogens (primary N) is 1. The molecule has 4 rings (SSSR count). The van der Waals surface area contributed by atoms with Gasteiger partial charge in [-0.25, -0.2) is 18.5 Å². The molecule has 0 amide bonds. The lowest BCUT2D eigenvalue weighted by Gasteiger charge is -2.19. The van der Waals surface area contributed by atoms with Crippen molar-refractivity contribution in [3.05, 3.63) is 59.9 Å². The highest BCUT2D eigenvalue weighted by atomic mass is 32.2. The highest BCUT2D eigenvalue weighted by molar-refractivity contribution is 7.89. The van der Waals surface area contributed by atoms with E-state index in [1.54, 1.807) is 31.3 Å². The van der Waals surface area contributed by atoms with Gasteiger partial charge in [-0.1, -0.05) is 6.07 Å². The summed E-state index contributed by atoms with van der Waals surface area (Å²) in [6.07, 6.45) is 1.64. The monoisotopic (exact) mass is 438 g/mol. The quantitative estimate of drug-likeness (QED) is 0.491. The average molecular weight is 439 g/mol. The molecule has 0 unspecified atom stereocenters. The molecule has 2 aromatic carbocycles. The summed E-state index contributed by atoms with van der Waals surface area (Å²) in [5, 5.41) is 14.0. The van der Waals surface area contributed by atoms with E-state index >= 15 is 0 Å². The van der Waals surface area contributed by atoms with Crippen LogP contribution >= 0.6 is 0 Å². The lowest BCUT2D eigenvalue weighted by molar-refractivity contribution is 0.597. The second-order valence-electron chi connectivity index (χ2n) is 7.36. The van der Waals surface area contributed by atoms with Crippen molar-refractivity contribution in [3.63, 3.8) is 0 Å². The van der Waals surface area contributed by atoms with E-state index in [2.05, 4.69) is 20.4 Å². The number of aryl methyl sites for hydroxylation is 3. The predicted octanol–water partition coefficient (Wildman–Crippen LogP) is 3.25. The van der Waals surface area contributed by atoms with Gasteiger partial charge in [-0.2, -0.15) is 10.1 Å². The molecule has 0 atom stereocenters. The summed E-state index contributed by atoms with van der Waals surface area (Å²) in [6, 6.07) is 12.8. The van der Waals surface area contributed by atoms with Crippen LogP contribution in [0.2, 0.25) is 0 Å². The van der Waals surface area contributed by atoms with Crippen LogP contribution in [0.4, 0.5) is 23.1 Å². The molecule has 0 aliphatic rings. The molecule has 0 radical (unpaired) electrons. The van der Waals surface area contributed by atoms with Gasteiger partial charge in [-0.05, 0) is 55.8 Å².